The van der Waals surface area contributed by atoms with E-state index in [-0.39, 0.29) is 17.9 Å². The maximum absolute atomic E-state index is 13.2. The Labute approximate surface area is 194 Å². The zero-order chi connectivity index (χ0) is 23.0. The van der Waals surface area contributed by atoms with E-state index in [1.807, 2.05) is 97.9 Å². The lowest BCUT2D eigenvalue weighted by molar-refractivity contribution is 0.0941. The van der Waals surface area contributed by atoms with Gasteiger partial charge in [-0.25, -0.2) is 0 Å². The van der Waals surface area contributed by atoms with Gasteiger partial charge in [0.1, 0.15) is 0 Å². The highest BCUT2D eigenvalue weighted by atomic mass is 16.2. The Kier molecular flexibility index (Phi) is 6.96. The fraction of sp³-hybridized carbons (Fsp3) is 0.103. The van der Waals surface area contributed by atoms with Gasteiger partial charge in [0.15, 0.2) is 0 Å². The molecule has 0 saturated heterocycles. The van der Waals surface area contributed by atoms with Gasteiger partial charge in [0.2, 0.25) is 0 Å². The molecular weight excluding hydrogens is 408 g/mol. The molecule has 0 aromatic heterocycles. The van der Waals surface area contributed by atoms with E-state index in [4.69, 9.17) is 0 Å². The first-order valence-corrected chi connectivity index (χ1v) is 11.0. The van der Waals surface area contributed by atoms with Gasteiger partial charge in [0.05, 0.1) is 17.3 Å². The molecule has 0 heterocycles. The number of benzene rings is 4. The lowest BCUT2D eigenvalue weighted by Gasteiger charge is -2.17. The number of carbonyl (C=O) groups is 2. The summed E-state index contributed by atoms with van der Waals surface area (Å²) < 4.78 is 0. The minimum absolute atomic E-state index is 0.158. The standard InChI is InChI=1S/C29H26N2O2/c1-21(23-14-6-3-7-15-23)30-29(33)26-18-10-11-19-27(26)31-28(32)25-17-9-8-16-24(25)20-22-12-4-2-5-13-22/h2-19,21H,20H2,1H3,(H,30,33)(H,31,32). The lowest BCUT2D eigenvalue weighted by Crippen LogP contribution is -2.28. The number of carbonyl (C=O) groups excluding carboxylic acids is 2. The summed E-state index contributed by atoms with van der Waals surface area (Å²) in [7, 11) is 0. The van der Waals surface area contributed by atoms with Gasteiger partial charge < -0.3 is 10.6 Å². The minimum atomic E-state index is -0.238. The number of anilines is 1. The average molecular weight is 435 g/mol. The molecule has 164 valence electrons. The highest BCUT2D eigenvalue weighted by Crippen LogP contribution is 2.21. The van der Waals surface area contributed by atoms with Gasteiger partial charge in [-0.1, -0.05) is 91.0 Å². The monoisotopic (exact) mass is 434 g/mol. The lowest BCUT2D eigenvalue weighted by atomic mass is 9.99. The SMILES string of the molecule is CC(NC(=O)c1ccccc1NC(=O)c1ccccc1Cc1ccccc1)c1ccccc1. The summed E-state index contributed by atoms with van der Waals surface area (Å²) in [5.74, 6) is -0.474. The highest BCUT2D eigenvalue weighted by Gasteiger charge is 2.18. The molecule has 0 fully saturated rings. The maximum Gasteiger partial charge on any atom is 0.255 e. The predicted molar refractivity (Wildman–Crippen MR) is 132 cm³/mol. The summed E-state index contributed by atoms with van der Waals surface area (Å²) in [5, 5.41) is 5.97. The van der Waals surface area contributed by atoms with E-state index in [1.54, 1.807) is 18.2 Å². The number of amides is 2. The molecule has 0 aliphatic heterocycles. The van der Waals surface area contributed by atoms with Gasteiger partial charge in [-0.3, -0.25) is 9.59 Å². The molecule has 1 atom stereocenters. The normalized spacial score (nSPS) is 11.4. The topological polar surface area (TPSA) is 58.2 Å². The van der Waals surface area contributed by atoms with E-state index in [1.165, 1.54) is 0 Å². The van der Waals surface area contributed by atoms with Crippen molar-refractivity contribution in [2.45, 2.75) is 19.4 Å². The van der Waals surface area contributed by atoms with Crippen LogP contribution in [0.4, 0.5) is 5.69 Å². The summed E-state index contributed by atoms with van der Waals surface area (Å²) in [6, 6.07) is 34.3. The Bertz CT molecular complexity index is 1240. The molecule has 2 amide bonds. The van der Waals surface area contributed by atoms with Crippen LogP contribution in [-0.2, 0) is 6.42 Å². The minimum Gasteiger partial charge on any atom is -0.345 e. The summed E-state index contributed by atoms with van der Waals surface area (Å²) in [5.41, 5.74) is 4.58. The fourth-order valence-corrected chi connectivity index (χ4v) is 3.79. The van der Waals surface area contributed by atoms with Crippen LogP contribution >= 0.6 is 0 Å². The first-order valence-electron chi connectivity index (χ1n) is 11.0. The zero-order valence-electron chi connectivity index (χ0n) is 18.5. The van der Waals surface area contributed by atoms with Gasteiger partial charge in [-0.2, -0.15) is 0 Å². The van der Waals surface area contributed by atoms with Gasteiger partial charge in [-0.05, 0) is 48.2 Å². The van der Waals surface area contributed by atoms with E-state index in [2.05, 4.69) is 10.6 Å². The Morgan fingerprint density at radius 1 is 0.667 bits per heavy atom. The van der Waals surface area contributed by atoms with Crippen molar-refractivity contribution in [2.75, 3.05) is 5.32 Å². The largest absolute Gasteiger partial charge is 0.345 e. The summed E-state index contributed by atoms with van der Waals surface area (Å²) in [6.07, 6.45) is 0.654. The molecule has 33 heavy (non-hydrogen) atoms. The van der Waals surface area contributed by atoms with E-state index in [9.17, 15) is 9.59 Å². The van der Waals surface area contributed by atoms with Crippen molar-refractivity contribution in [1.29, 1.82) is 0 Å². The van der Waals surface area contributed by atoms with E-state index in [0.717, 1.165) is 16.7 Å². The van der Waals surface area contributed by atoms with Gasteiger partial charge in [-0.15, -0.1) is 0 Å². The van der Waals surface area contributed by atoms with Crippen LogP contribution in [0.3, 0.4) is 0 Å². The van der Waals surface area contributed by atoms with Crippen LogP contribution in [0, 0.1) is 0 Å². The van der Waals surface area contributed by atoms with Crippen LogP contribution in [0.5, 0.6) is 0 Å². The van der Waals surface area contributed by atoms with Crippen LogP contribution < -0.4 is 10.6 Å². The third kappa shape index (κ3) is 5.55. The van der Waals surface area contributed by atoms with Crippen molar-refractivity contribution in [3.05, 3.63) is 137 Å². The van der Waals surface area contributed by atoms with Crippen molar-refractivity contribution >= 4 is 17.5 Å². The summed E-state index contributed by atoms with van der Waals surface area (Å²) in [4.78, 5) is 26.2. The zero-order valence-corrected chi connectivity index (χ0v) is 18.5. The summed E-state index contributed by atoms with van der Waals surface area (Å²) in [6.45, 7) is 1.94. The molecule has 2 N–H and O–H groups in total. The number of para-hydroxylation sites is 1. The Balaban J connectivity index is 1.53. The molecule has 4 aromatic rings. The van der Waals surface area contributed by atoms with Crippen molar-refractivity contribution < 1.29 is 9.59 Å². The molecule has 4 aromatic carbocycles. The molecule has 4 rings (SSSR count). The molecule has 4 nitrogen and oxygen atoms in total. The number of rotatable bonds is 7. The van der Waals surface area contributed by atoms with Gasteiger partial charge >= 0.3 is 0 Å². The molecule has 4 heteroatoms. The quantitative estimate of drug-likeness (QED) is 0.374. The smallest absolute Gasteiger partial charge is 0.255 e. The second kappa shape index (κ2) is 10.4. The first-order chi connectivity index (χ1) is 16.1. The average Bonchev–Trinajstić information content (AvgIpc) is 2.86. The Morgan fingerprint density at radius 3 is 1.97 bits per heavy atom. The molecule has 1 unspecified atom stereocenters. The van der Waals surface area contributed by atoms with E-state index < -0.39 is 0 Å². The fourth-order valence-electron chi connectivity index (χ4n) is 3.79. The van der Waals surface area contributed by atoms with Crippen LogP contribution in [-0.4, -0.2) is 11.8 Å². The Hall–Kier alpha value is -4.18. The van der Waals surface area contributed by atoms with Crippen LogP contribution in [0.2, 0.25) is 0 Å². The Morgan fingerprint density at radius 2 is 1.24 bits per heavy atom. The third-order valence-electron chi connectivity index (χ3n) is 5.57. The van der Waals surface area contributed by atoms with E-state index in [0.29, 0.717) is 23.2 Å². The molecule has 0 saturated carbocycles. The van der Waals surface area contributed by atoms with Crippen LogP contribution in [0.15, 0.2) is 109 Å². The first kappa shape index (κ1) is 22.0. The van der Waals surface area contributed by atoms with Crippen LogP contribution in [0.1, 0.15) is 50.4 Å². The summed E-state index contributed by atoms with van der Waals surface area (Å²) >= 11 is 0. The van der Waals surface area contributed by atoms with E-state index >= 15 is 0 Å². The highest BCUT2D eigenvalue weighted by molar-refractivity contribution is 6.09. The van der Waals surface area contributed by atoms with Gasteiger partial charge in [0, 0.05) is 5.56 Å². The van der Waals surface area contributed by atoms with Gasteiger partial charge in [0.25, 0.3) is 11.8 Å². The second-order valence-corrected chi connectivity index (χ2v) is 7.93. The number of nitrogens with one attached hydrogen (secondary N) is 2. The molecule has 0 bridgehead atoms. The molecular formula is C29H26N2O2. The van der Waals surface area contributed by atoms with Crippen LogP contribution in [0.25, 0.3) is 0 Å². The van der Waals surface area contributed by atoms with Crippen molar-refractivity contribution in [3.8, 4) is 0 Å². The number of hydrogen-bond acceptors (Lipinski definition) is 2. The van der Waals surface area contributed by atoms with Crippen molar-refractivity contribution in [2.24, 2.45) is 0 Å². The second-order valence-electron chi connectivity index (χ2n) is 7.93. The third-order valence-corrected chi connectivity index (χ3v) is 5.57. The molecule has 0 radical (unpaired) electrons. The van der Waals surface area contributed by atoms with Crippen molar-refractivity contribution in [1.82, 2.24) is 5.32 Å². The molecule has 0 aliphatic rings. The predicted octanol–water partition coefficient (Wildman–Crippen LogP) is 6.02. The maximum atomic E-state index is 13.2. The molecule has 0 aliphatic carbocycles. The molecule has 0 spiro atoms. The van der Waals surface area contributed by atoms with Crippen molar-refractivity contribution in [3.63, 3.8) is 0 Å². The number of hydrogen-bond donors (Lipinski definition) is 2.